The van der Waals surface area contributed by atoms with Crippen LogP contribution in [0, 0.1) is 5.82 Å². The molecule has 3 aromatic rings. The second-order valence-electron chi connectivity index (χ2n) is 4.54. The van der Waals surface area contributed by atoms with Crippen molar-refractivity contribution in [3.8, 4) is 0 Å². The molecular weight excluding hydrogens is 353 g/mol. The van der Waals surface area contributed by atoms with Crippen molar-refractivity contribution >= 4 is 48.9 Å². The van der Waals surface area contributed by atoms with E-state index in [2.05, 4.69) is 21.2 Å². The fourth-order valence-electron chi connectivity index (χ4n) is 2.06. The van der Waals surface area contributed by atoms with Crippen molar-refractivity contribution in [3.63, 3.8) is 0 Å². The highest BCUT2D eigenvalue weighted by molar-refractivity contribution is 9.08. The second-order valence-corrected chi connectivity index (χ2v) is 6.18. The van der Waals surface area contributed by atoms with E-state index in [1.807, 2.05) is 24.3 Å². The van der Waals surface area contributed by atoms with Crippen LogP contribution in [0.4, 0.5) is 10.1 Å². The Morgan fingerprint density at radius 1 is 1.19 bits per heavy atom. The number of thiophene rings is 1. The highest BCUT2D eigenvalue weighted by atomic mass is 79.9. The van der Waals surface area contributed by atoms with Crippen LogP contribution in [0.25, 0.3) is 10.1 Å². The van der Waals surface area contributed by atoms with Gasteiger partial charge in [0.15, 0.2) is 0 Å². The standard InChI is InChI=1S/C16H11BrFNOS/c17-9-11-3-1-2-4-13(11)19-16(20)15-7-10-5-6-12(18)8-14(10)21-15/h1-8H,9H2,(H,19,20). The van der Waals surface area contributed by atoms with E-state index in [-0.39, 0.29) is 11.7 Å². The molecule has 0 aliphatic carbocycles. The molecule has 0 spiro atoms. The molecule has 0 unspecified atom stereocenters. The van der Waals surface area contributed by atoms with Crippen molar-refractivity contribution in [1.29, 1.82) is 0 Å². The maximum Gasteiger partial charge on any atom is 0.265 e. The number of fused-ring (bicyclic) bond motifs is 1. The zero-order chi connectivity index (χ0) is 14.8. The molecule has 2 nitrogen and oxygen atoms in total. The van der Waals surface area contributed by atoms with Gasteiger partial charge in [-0.3, -0.25) is 4.79 Å². The molecule has 0 saturated heterocycles. The van der Waals surface area contributed by atoms with Gasteiger partial charge in [0.25, 0.3) is 5.91 Å². The quantitative estimate of drug-likeness (QED) is 0.637. The second kappa shape index (κ2) is 5.95. The predicted molar refractivity (Wildman–Crippen MR) is 88.8 cm³/mol. The fourth-order valence-corrected chi connectivity index (χ4v) is 3.53. The molecule has 0 fully saturated rings. The van der Waals surface area contributed by atoms with Gasteiger partial charge in [-0.1, -0.05) is 40.2 Å². The SMILES string of the molecule is O=C(Nc1ccccc1CBr)c1cc2ccc(F)cc2s1. The number of rotatable bonds is 3. The average Bonchev–Trinajstić information content (AvgIpc) is 2.91. The van der Waals surface area contributed by atoms with Crippen molar-refractivity contribution in [1.82, 2.24) is 0 Å². The minimum absolute atomic E-state index is 0.176. The number of amides is 1. The van der Waals surface area contributed by atoms with Crippen molar-refractivity contribution in [3.05, 3.63) is 64.8 Å². The molecular formula is C16H11BrFNOS. The Balaban J connectivity index is 1.90. The van der Waals surface area contributed by atoms with E-state index < -0.39 is 0 Å². The van der Waals surface area contributed by atoms with Gasteiger partial charge in [-0.15, -0.1) is 11.3 Å². The Morgan fingerprint density at radius 3 is 2.81 bits per heavy atom. The van der Waals surface area contributed by atoms with Crippen LogP contribution in [-0.2, 0) is 5.33 Å². The number of carbonyl (C=O) groups is 1. The third-order valence-corrected chi connectivity index (χ3v) is 4.82. The normalized spacial score (nSPS) is 10.8. The number of carbonyl (C=O) groups excluding carboxylic acids is 1. The van der Waals surface area contributed by atoms with Crippen LogP contribution in [-0.4, -0.2) is 5.91 Å². The Kier molecular flexibility index (Phi) is 4.03. The number of nitrogens with one attached hydrogen (secondary N) is 1. The van der Waals surface area contributed by atoms with Crippen molar-refractivity contribution in [2.75, 3.05) is 5.32 Å². The number of alkyl halides is 1. The first-order valence-corrected chi connectivity index (χ1v) is 8.25. The molecule has 0 saturated carbocycles. The summed E-state index contributed by atoms with van der Waals surface area (Å²) in [5, 5.41) is 4.44. The third kappa shape index (κ3) is 2.99. The van der Waals surface area contributed by atoms with Gasteiger partial charge in [-0.25, -0.2) is 4.39 Å². The van der Waals surface area contributed by atoms with E-state index in [1.54, 1.807) is 12.1 Å². The molecule has 1 aromatic heterocycles. The molecule has 1 heterocycles. The molecule has 0 aliphatic rings. The smallest absolute Gasteiger partial charge is 0.265 e. The molecule has 106 valence electrons. The zero-order valence-electron chi connectivity index (χ0n) is 10.9. The largest absolute Gasteiger partial charge is 0.321 e. The van der Waals surface area contributed by atoms with Crippen molar-refractivity contribution in [2.24, 2.45) is 0 Å². The molecule has 3 rings (SSSR count). The molecule has 1 amide bonds. The van der Waals surface area contributed by atoms with E-state index in [0.717, 1.165) is 21.3 Å². The van der Waals surface area contributed by atoms with Crippen molar-refractivity contribution < 1.29 is 9.18 Å². The van der Waals surface area contributed by atoms with Gasteiger partial charge >= 0.3 is 0 Å². The number of hydrogen-bond acceptors (Lipinski definition) is 2. The van der Waals surface area contributed by atoms with Gasteiger partial charge < -0.3 is 5.32 Å². The highest BCUT2D eigenvalue weighted by Gasteiger charge is 2.12. The summed E-state index contributed by atoms with van der Waals surface area (Å²) in [6, 6.07) is 13.9. The van der Waals surface area contributed by atoms with E-state index in [9.17, 15) is 9.18 Å². The third-order valence-electron chi connectivity index (χ3n) is 3.12. The summed E-state index contributed by atoms with van der Waals surface area (Å²) in [4.78, 5) is 12.9. The Morgan fingerprint density at radius 2 is 2.00 bits per heavy atom. The lowest BCUT2D eigenvalue weighted by atomic mass is 10.2. The van der Waals surface area contributed by atoms with Gasteiger partial charge in [0.05, 0.1) is 4.88 Å². The van der Waals surface area contributed by atoms with E-state index >= 15 is 0 Å². The molecule has 0 aliphatic heterocycles. The minimum atomic E-state index is -0.291. The van der Waals surface area contributed by atoms with Crippen LogP contribution in [0.15, 0.2) is 48.5 Å². The van der Waals surface area contributed by atoms with Gasteiger partial charge in [0, 0.05) is 15.7 Å². The monoisotopic (exact) mass is 363 g/mol. The van der Waals surface area contributed by atoms with Crippen LogP contribution < -0.4 is 5.32 Å². The number of hydrogen-bond donors (Lipinski definition) is 1. The summed E-state index contributed by atoms with van der Waals surface area (Å²) in [6.45, 7) is 0. The summed E-state index contributed by atoms with van der Waals surface area (Å²) in [5.74, 6) is -0.467. The minimum Gasteiger partial charge on any atom is -0.321 e. The zero-order valence-corrected chi connectivity index (χ0v) is 13.3. The number of benzene rings is 2. The average molecular weight is 364 g/mol. The molecule has 0 radical (unpaired) electrons. The summed E-state index contributed by atoms with van der Waals surface area (Å²) in [7, 11) is 0. The Bertz CT molecular complexity index is 815. The van der Waals surface area contributed by atoms with Gasteiger partial charge in [0.2, 0.25) is 0 Å². The maximum atomic E-state index is 13.2. The Hall–Kier alpha value is -1.72. The fraction of sp³-hybridized carbons (Fsp3) is 0.0625. The molecule has 2 aromatic carbocycles. The lowest BCUT2D eigenvalue weighted by molar-refractivity contribution is 0.103. The highest BCUT2D eigenvalue weighted by Crippen LogP contribution is 2.27. The molecule has 21 heavy (non-hydrogen) atoms. The van der Waals surface area contributed by atoms with Gasteiger partial charge in [-0.2, -0.15) is 0 Å². The number of halogens is 2. The lowest BCUT2D eigenvalue weighted by Crippen LogP contribution is -2.11. The first-order chi connectivity index (χ1) is 10.2. The summed E-state index contributed by atoms with van der Waals surface area (Å²) in [6.07, 6.45) is 0. The molecule has 1 N–H and O–H groups in total. The van der Waals surface area contributed by atoms with Crippen LogP contribution >= 0.6 is 27.3 Å². The lowest BCUT2D eigenvalue weighted by Gasteiger charge is -2.07. The van der Waals surface area contributed by atoms with Crippen molar-refractivity contribution in [2.45, 2.75) is 5.33 Å². The number of para-hydroxylation sites is 1. The number of anilines is 1. The van der Waals surface area contributed by atoms with Gasteiger partial charge in [0.1, 0.15) is 5.82 Å². The molecule has 5 heteroatoms. The predicted octanol–water partition coefficient (Wildman–Crippen LogP) is 5.19. The van der Waals surface area contributed by atoms with Crippen LogP contribution in [0.3, 0.4) is 0 Å². The van der Waals surface area contributed by atoms with Crippen LogP contribution in [0.1, 0.15) is 15.2 Å². The maximum absolute atomic E-state index is 13.2. The first kappa shape index (κ1) is 14.2. The molecule has 0 atom stereocenters. The Labute approximate surface area is 133 Å². The molecule has 0 bridgehead atoms. The summed E-state index contributed by atoms with van der Waals surface area (Å²) in [5.41, 5.74) is 1.79. The summed E-state index contributed by atoms with van der Waals surface area (Å²) >= 11 is 4.69. The van der Waals surface area contributed by atoms with Crippen LogP contribution in [0.2, 0.25) is 0 Å². The van der Waals surface area contributed by atoms with E-state index in [0.29, 0.717) is 10.2 Å². The van der Waals surface area contributed by atoms with E-state index in [1.165, 1.54) is 23.5 Å². The topological polar surface area (TPSA) is 29.1 Å². The first-order valence-electron chi connectivity index (χ1n) is 6.31. The summed E-state index contributed by atoms with van der Waals surface area (Å²) < 4.78 is 14.0. The van der Waals surface area contributed by atoms with Gasteiger partial charge in [-0.05, 0) is 35.2 Å². The van der Waals surface area contributed by atoms with Crippen LogP contribution in [0.5, 0.6) is 0 Å². The van der Waals surface area contributed by atoms with E-state index in [4.69, 9.17) is 0 Å².